The predicted molar refractivity (Wildman–Crippen MR) is 115 cm³/mol. The van der Waals surface area contributed by atoms with Gasteiger partial charge in [-0.3, -0.25) is 9.59 Å². The molecule has 4 rings (SSSR count). The third kappa shape index (κ3) is 5.42. The van der Waals surface area contributed by atoms with Crippen LogP contribution >= 0.6 is 0 Å². The molecule has 1 heterocycles. The monoisotopic (exact) mass is 496 g/mol. The number of carbonyl (C=O) groups excluding carboxylic acids is 1. The molecule has 0 radical (unpaired) electrons. The number of rotatable bonds is 10. The van der Waals surface area contributed by atoms with Crippen molar-refractivity contribution in [3.05, 3.63) is 48.2 Å². The maximum atomic E-state index is 12.9. The zero-order valence-electron chi connectivity index (χ0n) is 18.0. The average molecular weight is 496 g/mol. The summed E-state index contributed by atoms with van der Waals surface area (Å²) < 4.78 is 60.8. The zero-order chi connectivity index (χ0) is 25.3. The van der Waals surface area contributed by atoms with Crippen molar-refractivity contribution in [2.75, 3.05) is 5.32 Å². The van der Waals surface area contributed by atoms with Crippen LogP contribution in [-0.4, -0.2) is 39.9 Å². The van der Waals surface area contributed by atoms with E-state index in [4.69, 9.17) is 0 Å². The Morgan fingerprint density at radius 3 is 2.37 bits per heavy atom. The standard InChI is InChI=1S/C23H20F4N2O6/c24-22(25)34-16-7-6-12(8-17(16)35-23(26)27)15(9-18(30)31)29-10-13-2-1-3-14(19(13)21(29)33)28-20(32)11-4-5-11/h1-3,6-8,10-11,15,22-23,33H,4-5,9H2,(H,28,32)(H,30,31). The van der Waals surface area contributed by atoms with Gasteiger partial charge in [-0.15, -0.1) is 0 Å². The number of carboxylic acid groups (broad SMARTS) is 1. The topological polar surface area (TPSA) is 110 Å². The molecule has 0 bridgehead atoms. The first-order chi connectivity index (χ1) is 16.6. The van der Waals surface area contributed by atoms with Gasteiger partial charge in [-0.1, -0.05) is 18.2 Å². The molecule has 12 heteroatoms. The lowest BCUT2D eigenvalue weighted by Crippen LogP contribution is -2.15. The minimum Gasteiger partial charge on any atom is -0.494 e. The number of ether oxygens (including phenoxy) is 2. The second-order valence-corrected chi connectivity index (χ2v) is 7.97. The van der Waals surface area contributed by atoms with Gasteiger partial charge in [0, 0.05) is 17.5 Å². The summed E-state index contributed by atoms with van der Waals surface area (Å²) in [5.74, 6) is -3.33. The number of carbonyl (C=O) groups is 2. The Morgan fingerprint density at radius 1 is 1.06 bits per heavy atom. The Hall–Kier alpha value is -3.96. The van der Waals surface area contributed by atoms with E-state index in [1.807, 2.05) is 0 Å². The fraction of sp³-hybridized carbons (Fsp3) is 0.304. The van der Waals surface area contributed by atoms with Crippen LogP contribution in [0.2, 0.25) is 0 Å². The van der Waals surface area contributed by atoms with E-state index in [1.165, 1.54) is 16.8 Å². The van der Waals surface area contributed by atoms with Gasteiger partial charge < -0.3 is 29.6 Å². The maximum absolute atomic E-state index is 12.9. The highest BCUT2D eigenvalue weighted by Gasteiger charge is 2.31. The number of amides is 1. The first-order valence-corrected chi connectivity index (χ1v) is 10.5. The van der Waals surface area contributed by atoms with Gasteiger partial charge in [0.15, 0.2) is 11.5 Å². The number of anilines is 1. The smallest absolute Gasteiger partial charge is 0.387 e. The summed E-state index contributed by atoms with van der Waals surface area (Å²) in [4.78, 5) is 23.9. The van der Waals surface area contributed by atoms with E-state index in [9.17, 15) is 37.4 Å². The number of aromatic hydroxyl groups is 1. The molecule has 2 aromatic carbocycles. The van der Waals surface area contributed by atoms with Crippen molar-refractivity contribution in [1.29, 1.82) is 0 Å². The number of nitrogens with zero attached hydrogens (tertiary/aromatic N) is 1. The molecule has 186 valence electrons. The summed E-state index contributed by atoms with van der Waals surface area (Å²) in [6, 6.07) is 6.85. The molecule has 3 N–H and O–H groups in total. The Labute approximate surface area is 195 Å². The van der Waals surface area contributed by atoms with Gasteiger partial charge in [-0.05, 0) is 36.6 Å². The predicted octanol–water partition coefficient (Wildman–Crippen LogP) is 4.96. The van der Waals surface area contributed by atoms with Crippen LogP contribution in [0.25, 0.3) is 10.8 Å². The number of fused-ring (bicyclic) bond motifs is 1. The van der Waals surface area contributed by atoms with Crippen LogP contribution < -0.4 is 14.8 Å². The number of nitrogens with one attached hydrogen (secondary N) is 1. The third-order valence-corrected chi connectivity index (χ3v) is 5.54. The quantitative estimate of drug-likeness (QED) is 0.342. The molecule has 0 spiro atoms. The first kappa shape index (κ1) is 24.2. The van der Waals surface area contributed by atoms with Gasteiger partial charge in [-0.25, -0.2) is 0 Å². The molecule has 3 aromatic rings. The highest BCUT2D eigenvalue weighted by molar-refractivity contribution is 6.05. The van der Waals surface area contributed by atoms with Crippen LogP contribution in [0.1, 0.15) is 30.9 Å². The molecule has 1 unspecified atom stereocenters. The Morgan fingerprint density at radius 2 is 1.74 bits per heavy atom. The molecule has 1 saturated carbocycles. The van der Waals surface area contributed by atoms with Crippen molar-refractivity contribution < 1.29 is 46.8 Å². The number of alkyl halides is 4. The largest absolute Gasteiger partial charge is 0.494 e. The normalized spacial score (nSPS) is 14.3. The molecule has 35 heavy (non-hydrogen) atoms. The van der Waals surface area contributed by atoms with Crippen LogP contribution in [0.15, 0.2) is 42.6 Å². The average Bonchev–Trinajstić information content (AvgIpc) is 3.57. The Balaban J connectivity index is 1.78. The first-order valence-electron chi connectivity index (χ1n) is 10.5. The second kappa shape index (κ2) is 9.72. The molecule has 1 atom stereocenters. The van der Waals surface area contributed by atoms with Crippen molar-refractivity contribution in [2.45, 2.75) is 38.5 Å². The summed E-state index contributed by atoms with van der Waals surface area (Å²) in [6.07, 6.45) is 2.39. The number of benzene rings is 2. The van der Waals surface area contributed by atoms with E-state index in [1.54, 1.807) is 18.2 Å². The van der Waals surface area contributed by atoms with Crippen molar-refractivity contribution in [1.82, 2.24) is 4.57 Å². The molecule has 1 aliphatic rings. The molecular weight excluding hydrogens is 476 g/mol. The summed E-state index contributed by atoms with van der Waals surface area (Å²) in [5.41, 5.74) is 0.399. The summed E-state index contributed by atoms with van der Waals surface area (Å²) >= 11 is 0. The summed E-state index contributed by atoms with van der Waals surface area (Å²) in [5, 5.41) is 24.0. The second-order valence-electron chi connectivity index (χ2n) is 7.97. The van der Waals surface area contributed by atoms with Crippen molar-refractivity contribution in [3.63, 3.8) is 0 Å². The lowest BCUT2D eigenvalue weighted by molar-refractivity contribution is -0.137. The number of aliphatic carboxylic acids is 1. The number of hydrogen-bond donors (Lipinski definition) is 3. The number of carboxylic acids is 1. The minimum absolute atomic E-state index is 0.0730. The van der Waals surface area contributed by atoms with E-state index in [0.717, 1.165) is 25.0 Å². The van der Waals surface area contributed by atoms with E-state index >= 15 is 0 Å². The molecule has 1 aromatic heterocycles. The highest BCUT2D eigenvalue weighted by atomic mass is 19.3. The van der Waals surface area contributed by atoms with Crippen molar-refractivity contribution >= 4 is 28.3 Å². The minimum atomic E-state index is -3.36. The van der Waals surface area contributed by atoms with Crippen LogP contribution in [0.4, 0.5) is 23.2 Å². The van der Waals surface area contributed by atoms with E-state index in [-0.39, 0.29) is 28.7 Å². The molecular formula is C23H20F4N2O6. The zero-order valence-corrected chi connectivity index (χ0v) is 18.0. The van der Waals surface area contributed by atoms with Crippen molar-refractivity contribution in [2.24, 2.45) is 5.92 Å². The lowest BCUT2D eigenvalue weighted by atomic mass is 10.0. The fourth-order valence-corrected chi connectivity index (χ4v) is 3.85. The van der Waals surface area contributed by atoms with Gasteiger partial charge in [0.25, 0.3) is 0 Å². The Kier molecular flexibility index (Phi) is 6.72. The van der Waals surface area contributed by atoms with Crippen molar-refractivity contribution in [3.8, 4) is 17.4 Å². The van der Waals surface area contributed by atoms with Crippen LogP contribution in [0.5, 0.6) is 17.4 Å². The van der Waals surface area contributed by atoms with Gasteiger partial charge >= 0.3 is 19.2 Å². The number of aromatic nitrogens is 1. The molecule has 0 aliphatic heterocycles. The Bertz CT molecular complexity index is 1260. The molecule has 1 aliphatic carbocycles. The van der Waals surface area contributed by atoms with Gasteiger partial charge in [0.2, 0.25) is 11.8 Å². The number of hydrogen-bond acceptors (Lipinski definition) is 5. The molecule has 1 fully saturated rings. The van der Waals surface area contributed by atoms with Crippen LogP contribution in [-0.2, 0) is 9.59 Å². The molecule has 0 saturated heterocycles. The fourth-order valence-electron chi connectivity index (χ4n) is 3.85. The van der Waals surface area contributed by atoms with Gasteiger partial charge in [0.05, 0.1) is 23.5 Å². The summed E-state index contributed by atoms with van der Waals surface area (Å²) in [6.45, 7) is -6.66. The van der Waals surface area contributed by atoms with E-state index in [2.05, 4.69) is 14.8 Å². The van der Waals surface area contributed by atoms with Crippen LogP contribution in [0.3, 0.4) is 0 Å². The highest BCUT2D eigenvalue weighted by Crippen LogP contribution is 2.41. The maximum Gasteiger partial charge on any atom is 0.387 e. The van der Waals surface area contributed by atoms with E-state index < -0.39 is 43.2 Å². The molecule has 8 nitrogen and oxygen atoms in total. The van der Waals surface area contributed by atoms with Gasteiger partial charge in [0.1, 0.15) is 0 Å². The van der Waals surface area contributed by atoms with E-state index in [0.29, 0.717) is 11.1 Å². The number of halogens is 4. The third-order valence-electron chi connectivity index (χ3n) is 5.54. The van der Waals surface area contributed by atoms with Crippen LogP contribution in [0, 0.1) is 5.92 Å². The van der Waals surface area contributed by atoms with Gasteiger partial charge in [-0.2, -0.15) is 17.6 Å². The SMILES string of the molecule is O=C(O)CC(c1ccc(OC(F)F)c(OC(F)F)c1)n1cc2cccc(NC(=O)C3CC3)c2c1O. The molecule has 1 amide bonds. The summed E-state index contributed by atoms with van der Waals surface area (Å²) in [7, 11) is 0. The lowest BCUT2D eigenvalue weighted by Gasteiger charge is -2.21.